The van der Waals surface area contributed by atoms with Crippen molar-refractivity contribution in [1.82, 2.24) is 0 Å². The maximum Gasteiger partial charge on any atom is 0.320 e. The molecule has 1 aliphatic rings. The van der Waals surface area contributed by atoms with Crippen LogP contribution in [-0.2, 0) is 14.3 Å². The van der Waals surface area contributed by atoms with Gasteiger partial charge in [-0.3, -0.25) is 9.59 Å². The van der Waals surface area contributed by atoms with E-state index in [2.05, 4.69) is 4.74 Å². The maximum absolute atomic E-state index is 11.5. The molecule has 1 heterocycles. The molecular formula is C12H12O5. The van der Waals surface area contributed by atoms with Gasteiger partial charge >= 0.3 is 5.97 Å². The minimum absolute atomic E-state index is 0.155. The Bertz CT molecular complexity index is 466. The Morgan fingerprint density at radius 3 is 2.65 bits per heavy atom. The summed E-state index contributed by atoms with van der Waals surface area (Å²) in [5.74, 6) is -0.597. The summed E-state index contributed by atoms with van der Waals surface area (Å²) in [4.78, 5) is 23.0. The van der Waals surface area contributed by atoms with Gasteiger partial charge in [0, 0.05) is 0 Å². The van der Waals surface area contributed by atoms with Gasteiger partial charge in [-0.1, -0.05) is 6.07 Å². The molecule has 0 aromatic heterocycles. The van der Waals surface area contributed by atoms with Gasteiger partial charge in [0.15, 0.2) is 11.5 Å². The summed E-state index contributed by atoms with van der Waals surface area (Å²) in [5, 5.41) is 0. The number of hydrogen-bond acceptors (Lipinski definition) is 5. The van der Waals surface area contributed by atoms with E-state index in [1.165, 1.54) is 14.0 Å². The number of fused-ring (bicyclic) bond motifs is 1. The Kier molecular flexibility index (Phi) is 2.99. The van der Waals surface area contributed by atoms with Crippen LogP contribution in [0.5, 0.6) is 11.5 Å². The molecule has 0 bridgehead atoms. The average molecular weight is 236 g/mol. The predicted molar refractivity (Wildman–Crippen MR) is 58.0 cm³/mol. The number of ketones is 1. The Morgan fingerprint density at radius 1 is 1.29 bits per heavy atom. The summed E-state index contributed by atoms with van der Waals surface area (Å²) in [6.07, 6.45) is 0. The molecule has 17 heavy (non-hydrogen) atoms. The quantitative estimate of drug-likeness (QED) is 0.584. The van der Waals surface area contributed by atoms with Crippen molar-refractivity contribution in [2.75, 3.05) is 13.9 Å². The smallest absolute Gasteiger partial charge is 0.320 e. The van der Waals surface area contributed by atoms with E-state index in [1.54, 1.807) is 18.2 Å². The fourth-order valence-corrected chi connectivity index (χ4v) is 1.75. The topological polar surface area (TPSA) is 61.8 Å². The van der Waals surface area contributed by atoms with Gasteiger partial charge in [-0.25, -0.2) is 0 Å². The van der Waals surface area contributed by atoms with Gasteiger partial charge in [0.2, 0.25) is 6.79 Å². The number of benzene rings is 1. The lowest BCUT2D eigenvalue weighted by Gasteiger charge is -2.12. The van der Waals surface area contributed by atoms with E-state index in [0.717, 1.165) is 0 Å². The first-order valence-electron chi connectivity index (χ1n) is 5.11. The summed E-state index contributed by atoms with van der Waals surface area (Å²) < 4.78 is 15.0. The molecule has 2 rings (SSSR count). The molecule has 1 atom stereocenters. The third-order valence-electron chi connectivity index (χ3n) is 2.57. The highest BCUT2D eigenvalue weighted by molar-refractivity contribution is 6.03. The van der Waals surface area contributed by atoms with E-state index in [4.69, 9.17) is 9.47 Å². The molecule has 0 spiro atoms. The average Bonchev–Trinajstić information content (AvgIpc) is 2.75. The molecule has 0 radical (unpaired) electrons. The van der Waals surface area contributed by atoms with Gasteiger partial charge in [-0.05, 0) is 24.6 Å². The van der Waals surface area contributed by atoms with Crippen LogP contribution in [0.25, 0.3) is 0 Å². The fourth-order valence-electron chi connectivity index (χ4n) is 1.75. The van der Waals surface area contributed by atoms with Crippen LogP contribution in [0.15, 0.2) is 18.2 Å². The van der Waals surface area contributed by atoms with E-state index < -0.39 is 11.9 Å². The number of esters is 1. The van der Waals surface area contributed by atoms with Crippen molar-refractivity contribution in [2.24, 2.45) is 0 Å². The number of carbonyl (C=O) groups excluding carboxylic acids is 2. The van der Waals surface area contributed by atoms with Crippen LogP contribution < -0.4 is 9.47 Å². The molecule has 0 saturated carbocycles. The molecule has 0 aliphatic carbocycles. The van der Waals surface area contributed by atoms with Crippen LogP contribution in [0.4, 0.5) is 0 Å². The largest absolute Gasteiger partial charge is 0.468 e. The van der Waals surface area contributed by atoms with Gasteiger partial charge < -0.3 is 14.2 Å². The van der Waals surface area contributed by atoms with Gasteiger partial charge in [0.1, 0.15) is 11.7 Å². The second kappa shape index (κ2) is 4.45. The van der Waals surface area contributed by atoms with E-state index in [9.17, 15) is 9.59 Å². The Hall–Kier alpha value is -2.04. The lowest BCUT2D eigenvalue weighted by atomic mass is 9.95. The van der Waals surface area contributed by atoms with Crippen LogP contribution in [0.3, 0.4) is 0 Å². The van der Waals surface area contributed by atoms with Gasteiger partial charge in [-0.2, -0.15) is 0 Å². The van der Waals surface area contributed by atoms with Crippen LogP contribution in [-0.4, -0.2) is 25.7 Å². The second-order valence-electron chi connectivity index (χ2n) is 3.68. The summed E-state index contributed by atoms with van der Waals surface area (Å²) in [5.41, 5.74) is 0.550. The third kappa shape index (κ3) is 2.08. The zero-order valence-electron chi connectivity index (χ0n) is 9.56. The van der Waals surface area contributed by atoms with Crippen LogP contribution in [0.2, 0.25) is 0 Å². The first kappa shape index (κ1) is 11.4. The number of Topliss-reactive ketones (excluding diaryl/α,β-unsaturated/α-hetero) is 1. The number of rotatable bonds is 3. The highest BCUT2D eigenvalue weighted by Crippen LogP contribution is 2.35. The summed E-state index contributed by atoms with van der Waals surface area (Å²) in [6.45, 7) is 1.51. The Morgan fingerprint density at radius 2 is 2.00 bits per heavy atom. The van der Waals surface area contributed by atoms with Crippen LogP contribution in [0, 0.1) is 0 Å². The molecule has 5 nitrogen and oxygen atoms in total. The molecule has 1 unspecified atom stereocenters. The van der Waals surface area contributed by atoms with Crippen molar-refractivity contribution < 1.29 is 23.8 Å². The minimum Gasteiger partial charge on any atom is -0.468 e. The summed E-state index contributed by atoms with van der Waals surface area (Å²) in [6, 6.07) is 4.97. The second-order valence-corrected chi connectivity index (χ2v) is 3.68. The molecule has 0 fully saturated rings. The monoisotopic (exact) mass is 236 g/mol. The van der Waals surface area contributed by atoms with E-state index in [-0.39, 0.29) is 12.6 Å². The fraction of sp³-hybridized carbons (Fsp3) is 0.333. The van der Waals surface area contributed by atoms with E-state index in [1.807, 2.05) is 0 Å². The molecule has 5 heteroatoms. The highest BCUT2D eigenvalue weighted by Gasteiger charge is 2.28. The van der Waals surface area contributed by atoms with Crippen molar-refractivity contribution in [2.45, 2.75) is 12.8 Å². The van der Waals surface area contributed by atoms with Gasteiger partial charge in [0.05, 0.1) is 7.11 Å². The third-order valence-corrected chi connectivity index (χ3v) is 2.57. The number of hydrogen-bond donors (Lipinski definition) is 0. The molecule has 0 N–H and O–H groups in total. The molecular weight excluding hydrogens is 224 g/mol. The van der Waals surface area contributed by atoms with Crippen molar-refractivity contribution in [3.8, 4) is 11.5 Å². The summed E-state index contributed by atoms with van der Waals surface area (Å²) in [7, 11) is 1.26. The van der Waals surface area contributed by atoms with Crippen molar-refractivity contribution in [1.29, 1.82) is 0 Å². The van der Waals surface area contributed by atoms with Crippen molar-refractivity contribution in [3.63, 3.8) is 0 Å². The molecule has 0 saturated heterocycles. The molecule has 1 aromatic rings. The first-order valence-corrected chi connectivity index (χ1v) is 5.11. The summed E-state index contributed by atoms with van der Waals surface area (Å²) >= 11 is 0. The first-order chi connectivity index (χ1) is 8.13. The highest BCUT2D eigenvalue weighted by atomic mass is 16.7. The number of ether oxygens (including phenoxy) is 3. The number of carbonyl (C=O) groups is 2. The lowest BCUT2D eigenvalue weighted by Crippen LogP contribution is -2.21. The zero-order valence-corrected chi connectivity index (χ0v) is 9.56. The maximum atomic E-state index is 11.5. The molecule has 1 aromatic carbocycles. The van der Waals surface area contributed by atoms with Crippen LogP contribution in [0.1, 0.15) is 18.4 Å². The normalized spacial score (nSPS) is 14.2. The standard InChI is InChI=1S/C12H12O5/c1-7(13)11(12(14)15-2)8-3-4-9-10(5-8)17-6-16-9/h3-5,11H,6H2,1-2H3. The van der Waals surface area contributed by atoms with Crippen LogP contribution >= 0.6 is 0 Å². The Labute approximate surface area is 98.3 Å². The molecule has 1 aliphatic heterocycles. The zero-order chi connectivity index (χ0) is 12.4. The van der Waals surface area contributed by atoms with Crippen molar-refractivity contribution in [3.05, 3.63) is 23.8 Å². The lowest BCUT2D eigenvalue weighted by molar-refractivity contribution is -0.145. The SMILES string of the molecule is COC(=O)C(C(C)=O)c1ccc2c(c1)OCO2. The molecule has 0 amide bonds. The van der Waals surface area contributed by atoms with E-state index >= 15 is 0 Å². The van der Waals surface area contributed by atoms with Crippen molar-refractivity contribution >= 4 is 11.8 Å². The Balaban J connectivity index is 2.37. The number of methoxy groups -OCH3 is 1. The molecule has 90 valence electrons. The van der Waals surface area contributed by atoms with Gasteiger partial charge in [0.25, 0.3) is 0 Å². The predicted octanol–water partition coefficient (Wildman–Crippen LogP) is 1.26. The minimum atomic E-state index is -0.908. The van der Waals surface area contributed by atoms with Gasteiger partial charge in [-0.15, -0.1) is 0 Å². The van der Waals surface area contributed by atoms with E-state index in [0.29, 0.717) is 17.1 Å².